The van der Waals surface area contributed by atoms with Gasteiger partial charge in [-0.3, -0.25) is 9.78 Å². The monoisotopic (exact) mass is 596 g/mol. The van der Waals surface area contributed by atoms with Gasteiger partial charge in [-0.05, 0) is 42.7 Å². The number of carbonyl (C=O) groups is 1. The van der Waals surface area contributed by atoms with Crippen LogP contribution in [0.4, 0.5) is 32.3 Å². The Morgan fingerprint density at radius 2 is 1.71 bits per heavy atom. The molecule has 0 bridgehead atoms. The van der Waals surface area contributed by atoms with Crippen LogP contribution in [0.3, 0.4) is 0 Å². The molecule has 14 heteroatoms. The van der Waals surface area contributed by atoms with Gasteiger partial charge in [-0.15, -0.1) is 0 Å². The van der Waals surface area contributed by atoms with Gasteiger partial charge in [-0.1, -0.05) is 40.9 Å². The number of carbonyl (C=O) groups excluding carboxylic acids is 1. The number of rotatable bonds is 6. The minimum absolute atomic E-state index is 0.0885. The fraction of sp³-hybridized carbons (Fsp3) is 0.333. The Morgan fingerprint density at radius 3 is 2.29 bits per heavy atom. The van der Waals surface area contributed by atoms with E-state index in [2.05, 4.69) is 15.0 Å². The second-order valence-electron chi connectivity index (χ2n) is 8.68. The number of Topliss-reactive ketones (excluding diaryl/α,β-unsaturated/α-hetero) is 1. The Hall–Kier alpha value is -2.63. The van der Waals surface area contributed by atoms with Crippen LogP contribution in [-0.2, 0) is 18.0 Å². The van der Waals surface area contributed by atoms with Gasteiger partial charge in [0.1, 0.15) is 5.41 Å². The predicted octanol–water partition coefficient (Wildman–Crippen LogP) is 7.38. The minimum Gasteiger partial charge on any atom is -0.340 e. The van der Waals surface area contributed by atoms with Crippen LogP contribution in [0.5, 0.6) is 0 Å². The molecule has 1 atom stereocenters. The van der Waals surface area contributed by atoms with Crippen molar-refractivity contribution in [3.05, 3.63) is 80.3 Å². The summed E-state index contributed by atoms with van der Waals surface area (Å²) in [6, 6.07) is 7.03. The quantitative estimate of drug-likeness (QED) is 0.169. The van der Waals surface area contributed by atoms with Crippen LogP contribution in [0.15, 0.2) is 42.7 Å². The van der Waals surface area contributed by atoms with E-state index in [4.69, 9.17) is 34.8 Å². The van der Waals surface area contributed by atoms with Crippen molar-refractivity contribution >= 4 is 46.5 Å². The molecule has 5 nitrogen and oxygen atoms in total. The minimum atomic E-state index is -5.05. The van der Waals surface area contributed by atoms with Crippen LogP contribution in [0.1, 0.15) is 40.2 Å². The molecule has 3 heterocycles. The Balaban J connectivity index is 1.66. The molecule has 0 spiro atoms. The summed E-state index contributed by atoms with van der Waals surface area (Å²) in [5.41, 5.74) is -4.59. The summed E-state index contributed by atoms with van der Waals surface area (Å²) in [4.78, 5) is 25.0. The highest BCUT2D eigenvalue weighted by Crippen LogP contribution is 2.50. The molecule has 0 aliphatic carbocycles. The van der Waals surface area contributed by atoms with Gasteiger partial charge >= 0.3 is 12.4 Å². The highest BCUT2D eigenvalue weighted by atomic mass is 35.5. The summed E-state index contributed by atoms with van der Waals surface area (Å²) in [7, 11) is 0. The number of aryl methyl sites for hydroxylation is 1. The molecule has 1 aliphatic rings. The van der Waals surface area contributed by atoms with E-state index < -0.39 is 53.7 Å². The number of anilines is 1. The van der Waals surface area contributed by atoms with Crippen molar-refractivity contribution in [2.75, 3.05) is 18.0 Å². The number of ketones is 1. The van der Waals surface area contributed by atoms with Crippen molar-refractivity contribution in [3.63, 3.8) is 0 Å². The zero-order chi connectivity index (χ0) is 27.9. The summed E-state index contributed by atoms with van der Waals surface area (Å²) in [5.74, 6) is -1.46. The lowest BCUT2D eigenvalue weighted by Crippen LogP contribution is -2.45. The molecular weight excluding hydrogens is 581 g/mol. The van der Waals surface area contributed by atoms with Gasteiger partial charge in [-0.25, -0.2) is 9.97 Å². The number of benzene rings is 1. The van der Waals surface area contributed by atoms with Crippen LogP contribution in [0.2, 0.25) is 15.1 Å². The second-order valence-corrected chi connectivity index (χ2v) is 9.87. The van der Waals surface area contributed by atoms with Crippen molar-refractivity contribution in [1.82, 2.24) is 15.0 Å². The fourth-order valence-electron chi connectivity index (χ4n) is 4.31. The van der Waals surface area contributed by atoms with E-state index in [0.29, 0.717) is 11.9 Å². The number of halogens is 9. The Bertz CT molecular complexity index is 1330. The van der Waals surface area contributed by atoms with Crippen LogP contribution >= 0.6 is 34.8 Å². The summed E-state index contributed by atoms with van der Waals surface area (Å²) >= 11 is 17.8. The first-order valence-electron chi connectivity index (χ1n) is 11.1. The first kappa shape index (κ1) is 28.4. The maximum absolute atomic E-state index is 14.4. The second kappa shape index (κ2) is 10.5. The molecule has 4 rings (SSSR count). The zero-order valence-corrected chi connectivity index (χ0v) is 21.4. The predicted molar refractivity (Wildman–Crippen MR) is 130 cm³/mol. The highest BCUT2D eigenvalue weighted by Gasteiger charge is 2.59. The largest absolute Gasteiger partial charge is 0.434 e. The third-order valence-corrected chi connectivity index (χ3v) is 7.51. The summed E-state index contributed by atoms with van der Waals surface area (Å²) in [5, 5.41) is -0.508. The molecule has 1 aromatic carbocycles. The third-order valence-electron chi connectivity index (χ3n) is 6.31. The first-order chi connectivity index (χ1) is 17.7. The summed E-state index contributed by atoms with van der Waals surface area (Å²) in [6.07, 6.45) is -8.41. The number of nitrogens with zero attached hydrogens (tertiary/aromatic N) is 4. The lowest BCUT2D eigenvalue weighted by molar-refractivity contribution is -0.184. The van der Waals surface area contributed by atoms with E-state index in [1.165, 1.54) is 6.20 Å². The molecule has 2 aromatic heterocycles. The molecule has 1 saturated heterocycles. The summed E-state index contributed by atoms with van der Waals surface area (Å²) < 4.78 is 84.8. The average molecular weight is 598 g/mol. The molecule has 1 unspecified atom stereocenters. The lowest BCUT2D eigenvalue weighted by atomic mass is 9.79. The van der Waals surface area contributed by atoms with Gasteiger partial charge in [0.2, 0.25) is 5.95 Å². The Kier molecular flexibility index (Phi) is 7.84. The number of hydrogen-bond acceptors (Lipinski definition) is 5. The fourth-order valence-corrected chi connectivity index (χ4v) is 4.91. The van der Waals surface area contributed by atoms with E-state index in [9.17, 15) is 31.1 Å². The van der Waals surface area contributed by atoms with Crippen LogP contribution < -0.4 is 4.90 Å². The number of alkyl halides is 6. The number of aromatic nitrogens is 3. The highest BCUT2D eigenvalue weighted by molar-refractivity contribution is 6.48. The van der Waals surface area contributed by atoms with Crippen molar-refractivity contribution in [2.45, 2.75) is 37.0 Å². The van der Waals surface area contributed by atoms with Crippen molar-refractivity contribution in [1.29, 1.82) is 0 Å². The van der Waals surface area contributed by atoms with E-state index >= 15 is 0 Å². The van der Waals surface area contributed by atoms with Gasteiger partial charge in [0.05, 0.1) is 20.6 Å². The molecule has 1 aliphatic heterocycles. The molecule has 0 amide bonds. The standard InChI is InChI=1S/C24H17Cl3F6N4O/c25-16-9-13(10-17(26)19(16)27)22(24(31,32)33)6-8-37(12-22)21-35-11-15(20(36-21)23(28,29)30)18(38)5-4-14-3-1-2-7-34-14/h1-3,7,9-11H,4-6,8,12H2. The molecule has 1 fully saturated rings. The molecule has 3 aromatic rings. The van der Waals surface area contributed by atoms with E-state index in [1.54, 1.807) is 18.2 Å². The molecule has 0 radical (unpaired) electrons. The zero-order valence-electron chi connectivity index (χ0n) is 19.2. The smallest absolute Gasteiger partial charge is 0.340 e. The van der Waals surface area contributed by atoms with Gasteiger partial charge in [0.15, 0.2) is 11.5 Å². The topological polar surface area (TPSA) is 59.0 Å². The van der Waals surface area contributed by atoms with Crippen LogP contribution in [0.25, 0.3) is 0 Å². The normalized spacial score (nSPS) is 18.2. The van der Waals surface area contributed by atoms with Crippen LogP contribution in [-0.4, -0.2) is 40.0 Å². The Morgan fingerprint density at radius 1 is 1.03 bits per heavy atom. The van der Waals surface area contributed by atoms with Crippen LogP contribution in [0, 0.1) is 0 Å². The van der Waals surface area contributed by atoms with E-state index in [0.717, 1.165) is 17.0 Å². The van der Waals surface area contributed by atoms with Gasteiger partial charge in [-0.2, -0.15) is 26.3 Å². The van der Waals surface area contributed by atoms with Gasteiger partial charge < -0.3 is 4.90 Å². The molecule has 202 valence electrons. The van der Waals surface area contributed by atoms with Crippen molar-refractivity contribution in [2.24, 2.45) is 0 Å². The number of hydrogen-bond donors (Lipinski definition) is 0. The van der Waals surface area contributed by atoms with Crippen molar-refractivity contribution < 1.29 is 31.1 Å². The van der Waals surface area contributed by atoms with Gasteiger partial charge in [0, 0.05) is 37.6 Å². The maximum Gasteiger partial charge on any atom is 0.434 e. The maximum atomic E-state index is 14.4. The average Bonchev–Trinajstić information content (AvgIpc) is 3.32. The molecule has 38 heavy (non-hydrogen) atoms. The Labute approximate surface area is 227 Å². The lowest BCUT2D eigenvalue weighted by Gasteiger charge is -2.32. The SMILES string of the molecule is O=C(CCc1ccccn1)c1cnc(N2CCC(c3cc(Cl)c(Cl)c(Cl)c3)(C(F)(F)F)C2)nc1C(F)(F)F. The summed E-state index contributed by atoms with van der Waals surface area (Å²) in [6.45, 7) is -1.11. The van der Waals surface area contributed by atoms with E-state index in [1.807, 2.05) is 0 Å². The van der Waals surface area contributed by atoms with E-state index in [-0.39, 0.29) is 40.0 Å². The molecule has 0 N–H and O–H groups in total. The number of pyridine rings is 1. The third kappa shape index (κ3) is 5.55. The van der Waals surface area contributed by atoms with Gasteiger partial charge in [0.25, 0.3) is 0 Å². The molecular formula is C24H17Cl3F6N4O. The first-order valence-corrected chi connectivity index (χ1v) is 12.2. The van der Waals surface area contributed by atoms with Crippen molar-refractivity contribution in [3.8, 4) is 0 Å². The molecule has 0 saturated carbocycles.